The van der Waals surface area contributed by atoms with E-state index in [9.17, 15) is 0 Å². The van der Waals surface area contributed by atoms with Crippen LogP contribution in [-0.2, 0) is 18.0 Å². The van der Waals surface area contributed by atoms with Gasteiger partial charge in [0, 0.05) is 18.6 Å². The van der Waals surface area contributed by atoms with Crippen molar-refractivity contribution in [3.8, 4) is 5.75 Å². The fourth-order valence-corrected chi connectivity index (χ4v) is 1.81. The molecule has 0 aliphatic carbocycles. The first-order chi connectivity index (χ1) is 8.31. The number of hydrogen-bond acceptors (Lipinski definition) is 5. The lowest BCUT2D eigenvalue weighted by molar-refractivity contribution is -0.106. The van der Waals surface area contributed by atoms with Gasteiger partial charge in [-0.1, -0.05) is 0 Å². The van der Waals surface area contributed by atoms with Crippen LogP contribution in [0.15, 0.2) is 12.1 Å². The zero-order valence-corrected chi connectivity index (χ0v) is 9.63. The molecule has 1 aliphatic rings. The monoisotopic (exact) mass is 239 g/mol. The van der Waals surface area contributed by atoms with E-state index in [1.54, 1.807) is 12.1 Å². The van der Waals surface area contributed by atoms with E-state index in [-0.39, 0.29) is 19.5 Å². The van der Waals surface area contributed by atoms with Gasteiger partial charge in [0.1, 0.15) is 5.75 Å². The molecule has 1 saturated heterocycles. The average molecular weight is 239 g/mol. The van der Waals surface area contributed by atoms with Gasteiger partial charge in [-0.25, -0.2) is 0 Å². The first kappa shape index (κ1) is 12.3. The van der Waals surface area contributed by atoms with Crippen LogP contribution in [0.3, 0.4) is 0 Å². The van der Waals surface area contributed by atoms with E-state index in [0.717, 1.165) is 25.9 Å². The summed E-state index contributed by atoms with van der Waals surface area (Å²) in [6.45, 7) is 0.376. The van der Waals surface area contributed by atoms with E-state index in [1.807, 2.05) is 0 Å². The molecule has 2 N–H and O–H groups in total. The third kappa shape index (κ3) is 3.39. The Balaban J connectivity index is 2.07. The van der Waals surface area contributed by atoms with Crippen molar-refractivity contribution in [1.29, 1.82) is 0 Å². The van der Waals surface area contributed by atoms with Crippen molar-refractivity contribution in [3.63, 3.8) is 0 Å². The lowest BCUT2D eigenvalue weighted by Crippen LogP contribution is -2.25. The highest BCUT2D eigenvalue weighted by Crippen LogP contribution is 2.20. The van der Waals surface area contributed by atoms with E-state index in [0.29, 0.717) is 17.1 Å². The quantitative estimate of drug-likeness (QED) is 0.819. The minimum atomic E-state index is -0.232. The smallest absolute Gasteiger partial charge is 0.199 e. The van der Waals surface area contributed by atoms with Gasteiger partial charge in [-0.2, -0.15) is 0 Å². The summed E-state index contributed by atoms with van der Waals surface area (Å²) in [5, 5.41) is 18.1. The molecule has 5 nitrogen and oxygen atoms in total. The first-order valence-electron chi connectivity index (χ1n) is 5.81. The third-order valence-electron chi connectivity index (χ3n) is 2.63. The van der Waals surface area contributed by atoms with Crippen LogP contribution in [-0.4, -0.2) is 28.1 Å². The van der Waals surface area contributed by atoms with Crippen LogP contribution >= 0.6 is 0 Å². The Kier molecular flexibility index (Phi) is 4.30. The molecule has 2 heterocycles. The van der Waals surface area contributed by atoms with Crippen LogP contribution in [0.25, 0.3) is 0 Å². The molecule has 1 aromatic heterocycles. The Morgan fingerprint density at radius 1 is 1.24 bits per heavy atom. The molecule has 1 aliphatic heterocycles. The molecule has 5 heteroatoms. The van der Waals surface area contributed by atoms with Gasteiger partial charge in [0.2, 0.25) is 0 Å². The van der Waals surface area contributed by atoms with Crippen LogP contribution in [0.4, 0.5) is 0 Å². The Hall–Kier alpha value is -1.17. The lowest BCUT2D eigenvalue weighted by Gasteiger charge is -2.23. The Morgan fingerprint density at radius 2 is 1.94 bits per heavy atom. The van der Waals surface area contributed by atoms with Crippen LogP contribution in [0.5, 0.6) is 5.75 Å². The predicted molar refractivity (Wildman–Crippen MR) is 60.3 cm³/mol. The molecule has 17 heavy (non-hydrogen) atoms. The summed E-state index contributed by atoms with van der Waals surface area (Å²) in [7, 11) is 0. The molecular weight excluding hydrogens is 222 g/mol. The maximum absolute atomic E-state index is 9.06. The van der Waals surface area contributed by atoms with Gasteiger partial charge in [-0.05, 0) is 12.8 Å². The van der Waals surface area contributed by atoms with Crippen molar-refractivity contribution in [2.45, 2.75) is 38.8 Å². The van der Waals surface area contributed by atoms with Crippen molar-refractivity contribution in [3.05, 3.63) is 23.5 Å². The summed E-state index contributed by atoms with van der Waals surface area (Å²) in [5.74, 6) is 0.583. The number of aliphatic hydroxyl groups excluding tert-OH is 2. The number of rotatable bonds is 4. The summed E-state index contributed by atoms with van der Waals surface area (Å²) in [6, 6.07) is 3.33. The van der Waals surface area contributed by atoms with Gasteiger partial charge < -0.3 is 19.7 Å². The predicted octanol–water partition coefficient (Wildman–Crippen LogP) is 0.972. The summed E-state index contributed by atoms with van der Waals surface area (Å²) in [5.41, 5.74) is 0.977. The first-order valence-corrected chi connectivity index (χ1v) is 5.81. The highest BCUT2D eigenvalue weighted by molar-refractivity contribution is 5.27. The molecule has 94 valence electrons. The summed E-state index contributed by atoms with van der Waals surface area (Å²) in [6.07, 6.45) is 2.80. The van der Waals surface area contributed by atoms with Gasteiger partial charge in [0.15, 0.2) is 6.29 Å². The minimum absolute atomic E-state index is 0.171. The van der Waals surface area contributed by atoms with E-state index in [4.69, 9.17) is 19.7 Å². The molecule has 0 amide bonds. The van der Waals surface area contributed by atoms with Crippen LogP contribution in [0.2, 0.25) is 0 Å². The van der Waals surface area contributed by atoms with Gasteiger partial charge in [0.05, 0.1) is 31.2 Å². The number of pyridine rings is 1. The number of aliphatic hydroxyl groups is 2. The van der Waals surface area contributed by atoms with Gasteiger partial charge >= 0.3 is 0 Å². The second-order valence-electron chi connectivity index (χ2n) is 4.02. The second-order valence-corrected chi connectivity index (χ2v) is 4.02. The van der Waals surface area contributed by atoms with E-state index in [2.05, 4.69) is 4.98 Å². The van der Waals surface area contributed by atoms with Gasteiger partial charge in [-0.3, -0.25) is 4.98 Å². The molecule has 1 aromatic rings. The normalized spacial score (nSPS) is 20.2. The molecule has 1 atom stereocenters. The molecular formula is C12H17NO4. The van der Waals surface area contributed by atoms with Crippen molar-refractivity contribution >= 4 is 0 Å². The fraction of sp³-hybridized carbons (Fsp3) is 0.583. The molecule has 1 fully saturated rings. The zero-order chi connectivity index (χ0) is 12.1. The Morgan fingerprint density at radius 3 is 2.47 bits per heavy atom. The molecule has 0 bridgehead atoms. The minimum Gasteiger partial charge on any atom is -0.465 e. The van der Waals surface area contributed by atoms with Crippen LogP contribution in [0.1, 0.15) is 30.7 Å². The zero-order valence-electron chi connectivity index (χ0n) is 9.63. The van der Waals surface area contributed by atoms with E-state index >= 15 is 0 Å². The summed E-state index contributed by atoms with van der Waals surface area (Å²) in [4.78, 5) is 4.04. The van der Waals surface area contributed by atoms with Crippen molar-refractivity contribution in [2.75, 3.05) is 6.61 Å². The van der Waals surface area contributed by atoms with Crippen molar-refractivity contribution in [1.82, 2.24) is 4.98 Å². The van der Waals surface area contributed by atoms with Crippen LogP contribution in [0, 0.1) is 0 Å². The second kappa shape index (κ2) is 5.95. The highest BCUT2D eigenvalue weighted by Gasteiger charge is 2.15. The molecule has 0 aromatic carbocycles. The molecule has 0 radical (unpaired) electrons. The number of aromatic nitrogens is 1. The van der Waals surface area contributed by atoms with Gasteiger partial charge in [0.25, 0.3) is 0 Å². The molecule has 0 spiro atoms. The van der Waals surface area contributed by atoms with Crippen molar-refractivity contribution < 1.29 is 19.7 Å². The van der Waals surface area contributed by atoms with E-state index < -0.39 is 0 Å². The topological polar surface area (TPSA) is 71.8 Å². The maximum Gasteiger partial charge on any atom is 0.199 e. The summed E-state index contributed by atoms with van der Waals surface area (Å²) >= 11 is 0. The number of nitrogens with zero attached hydrogens (tertiary/aromatic N) is 1. The molecule has 0 saturated carbocycles. The largest absolute Gasteiger partial charge is 0.465 e. The maximum atomic E-state index is 9.06. The van der Waals surface area contributed by atoms with Crippen molar-refractivity contribution in [2.24, 2.45) is 0 Å². The third-order valence-corrected chi connectivity index (χ3v) is 2.63. The van der Waals surface area contributed by atoms with Crippen LogP contribution < -0.4 is 4.74 Å². The molecule has 1 unspecified atom stereocenters. The Labute approximate surface area is 100 Å². The number of ether oxygens (including phenoxy) is 2. The fourth-order valence-electron chi connectivity index (χ4n) is 1.81. The van der Waals surface area contributed by atoms with Gasteiger partial charge in [-0.15, -0.1) is 0 Å². The standard InChI is InChI=1S/C12H17NO4/c14-7-9-5-11(6-10(8-15)13-9)17-12-3-1-2-4-16-12/h5-6,12,14-15H,1-4,7-8H2. The number of hydrogen-bond donors (Lipinski definition) is 2. The Bertz CT molecular complexity index is 341. The SMILES string of the molecule is OCc1cc(OC2CCCCO2)cc(CO)n1. The molecule has 2 rings (SSSR count). The van der Waals surface area contributed by atoms with E-state index in [1.165, 1.54) is 0 Å². The lowest BCUT2D eigenvalue weighted by atomic mass is 10.2. The average Bonchev–Trinajstić information content (AvgIpc) is 2.39. The highest BCUT2D eigenvalue weighted by atomic mass is 16.7. The summed E-state index contributed by atoms with van der Waals surface area (Å²) < 4.78 is 11.1.